The first kappa shape index (κ1) is 7.34. The molecule has 3 aliphatic carbocycles. The smallest absolute Gasteiger partial charge is 0.0574 e. The van der Waals surface area contributed by atoms with E-state index in [1.165, 1.54) is 19.3 Å². The molecule has 2 bridgehead atoms. The summed E-state index contributed by atoms with van der Waals surface area (Å²) in [4.78, 5) is 0. The summed E-state index contributed by atoms with van der Waals surface area (Å²) in [6.45, 7) is 0. The normalized spacial score (nSPS) is 62.5. The Hall–Kier alpha value is -0.0800. The lowest BCUT2D eigenvalue weighted by molar-refractivity contribution is 0.0594. The zero-order valence-electron chi connectivity index (χ0n) is 7.32. The van der Waals surface area contributed by atoms with Crippen LogP contribution >= 0.6 is 0 Å². The summed E-state index contributed by atoms with van der Waals surface area (Å²) < 4.78 is 0. The van der Waals surface area contributed by atoms with Gasteiger partial charge in [0, 0.05) is 6.04 Å². The van der Waals surface area contributed by atoms with E-state index in [1.54, 1.807) is 0 Å². The molecule has 0 heterocycles. The van der Waals surface area contributed by atoms with Gasteiger partial charge in [0.05, 0.1) is 6.10 Å². The van der Waals surface area contributed by atoms with E-state index in [-0.39, 0.29) is 6.10 Å². The molecule has 2 nitrogen and oxygen atoms in total. The lowest BCUT2D eigenvalue weighted by atomic mass is 9.79. The van der Waals surface area contributed by atoms with Crippen LogP contribution in [0, 0.1) is 23.7 Å². The van der Waals surface area contributed by atoms with Gasteiger partial charge in [0.15, 0.2) is 0 Å². The Morgan fingerprint density at radius 1 is 1.08 bits per heavy atom. The predicted molar refractivity (Wildman–Crippen MR) is 46.4 cm³/mol. The van der Waals surface area contributed by atoms with Crippen LogP contribution in [0.3, 0.4) is 0 Å². The van der Waals surface area contributed by atoms with Gasteiger partial charge in [-0.1, -0.05) is 0 Å². The van der Waals surface area contributed by atoms with Gasteiger partial charge in [0.25, 0.3) is 0 Å². The van der Waals surface area contributed by atoms with Crippen molar-refractivity contribution in [3.05, 3.63) is 0 Å². The van der Waals surface area contributed by atoms with Crippen LogP contribution in [0.1, 0.15) is 25.7 Å². The standard InChI is InChI=1S/C10H17NO/c11-8-2-1-6-5-3-7(10(6)8)9(12)4-5/h5-10,12H,1-4,11H2. The van der Waals surface area contributed by atoms with Gasteiger partial charge in [-0.05, 0) is 49.4 Å². The molecular formula is C10H17NO. The summed E-state index contributed by atoms with van der Waals surface area (Å²) in [7, 11) is 0. The molecule has 3 N–H and O–H groups in total. The molecule has 0 saturated heterocycles. The molecule has 2 heteroatoms. The molecule has 0 aliphatic heterocycles. The van der Waals surface area contributed by atoms with Crippen LogP contribution < -0.4 is 5.73 Å². The van der Waals surface area contributed by atoms with Crippen LogP contribution in [0.2, 0.25) is 0 Å². The fourth-order valence-electron chi connectivity index (χ4n) is 4.12. The molecule has 0 aromatic carbocycles. The van der Waals surface area contributed by atoms with Crippen molar-refractivity contribution in [2.45, 2.75) is 37.8 Å². The molecule has 0 aromatic rings. The quantitative estimate of drug-likeness (QED) is 0.559. The number of nitrogens with two attached hydrogens (primary N) is 1. The lowest BCUT2D eigenvalue weighted by Gasteiger charge is -2.30. The van der Waals surface area contributed by atoms with Crippen molar-refractivity contribution in [2.24, 2.45) is 29.4 Å². The van der Waals surface area contributed by atoms with Crippen LogP contribution in [0.5, 0.6) is 0 Å². The summed E-state index contributed by atoms with van der Waals surface area (Å²) in [5.41, 5.74) is 6.06. The average Bonchev–Trinajstić information content (AvgIpc) is 2.62. The first-order valence-corrected chi connectivity index (χ1v) is 5.21. The number of fused-ring (bicyclic) bond motifs is 5. The molecule has 3 aliphatic rings. The summed E-state index contributed by atoms with van der Waals surface area (Å²) >= 11 is 0. The van der Waals surface area contributed by atoms with E-state index in [1.807, 2.05) is 0 Å². The van der Waals surface area contributed by atoms with Crippen LogP contribution in [-0.2, 0) is 0 Å². The minimum atomic E-state index is -0.0135. The maximum absolute atomic E-state index is 9.73. The van der Waals surface area contributed by atoms with Gasteiger partial charge in [-0.2, -0.15) is 0 Å². The molecular weight excluding hydrogens is 150 g/mol. The summed E-state index contributed by atoms with van der Waals surface area (Å²) in [5, 5.41) is 9.73. The highest BCUT2D eigenvalue weighted by molar-refractivity contribution is 5.07. The second kappa shape index (κ2) is 2.24. The van der Waals surface area contributed by atoms with Gasteiger partial charge in [-0.25, -0.2) is 0 Å². The Kier molecular flexibility index (Phi) is 1.37. The van der Waals surface area contributed by atoms with Gasteiger partial charge in [-0.15, -0.1) is 0 Å². The van der Waals surface area contributed by atoms with E-state index in [0.29, 0.717) is 17.9 Å². The summed E-state index contributed by atoms with van der Waals surface area (Å²) in [6.07, 6.45) is 4.86. The van der Waals surface area contributed by atoms with Crippen LogP contribution in [0.4, 0.5) is 0 Å². The number of hydrogen-bond donors (Lipinski definition) is 2. The largest absolute Gasteiger partial charge is 0.393 e. The third kappa shape index (κ3) is 0.728. The van der Waals surface area contributed by atoms with Gasteiger partial charge < -0.3 is 10.8 Å². The molecule has 0 amide bonds. The number of aliphatic hydroxyl groups excluding tert-OH is 1. The van der Waals surface area contributed by atoms with Gasteiger partial charge >= 0.3 is 0 Å². The van der Waals surface area contributed by atoms with E-state index < -0.39 is 0 Å². The maximum Gasteiger partial charge on any atom is 0.0574 e. The fourth-order valence-corrected chi connectivity index (χ4v) is 4.12. The maximum atomic E-state index is 9.73. The van der Waals surface area contributed by atoms with Crippen molar-refractivity contribution in [2.75, 3.05) is 0 Å². The molecule has 3 rings (SSSR count). The second-order valence-electron chi connectivity index (χ2n) is 4.95. The van der Waals surface area contributed by atoms with Gasteiger partial charge in [0.2, 0.25) is 0 Å². The highest BCUT2D eigenvalue weighted by Gasteiger charge is 2.55. The molecule has 0 radical (unpaired) electrons. The first-order valence-electron chi connectivity index (χ1n) is 5.21. The van der Waals surface area contributed by atoms with Crippen molar-refractivity contribution in [1.82, 2.24) is 0 Å². The monoisotopic (exact) mass is 167 g/mol. The van der Waals surface area contributed by atoms with E-state index in [4.69, 9.17) is 5.73 Å². The van der Waals surface area contributed by atoms with Crippen molar-refractivity contribution < 1.29 is 5.11 Å². The number of hydrogen-bond acceptors (Lipinski definition) is 2. The molecule has 3 fully saturated rings. The van der Waals surface area contributed by atoms with E-state index >= 15 is 0 Å². The Balaban J connectivity index is 1.90. The van der Waals surface area contributed by atoms with E-state index in [9.17, 15) is 5.11 Å². The topological polar surface area (TPSA) is 46.2 Å². The lowest BCUT2D eigenvalue weighted by Crippen LogP contribution is -2.37. The summed E-state index contributed by atoms with van der Waals surface area (Å²) in [6, 6.07) is 0.403. The van der Waals surface area contributed by atoms with Crippen LogP contribution in [-0.4, -0.2) is 17.3 Å². The predicted octanol–water partition coefficient (Wildman–Crippen LogP) is 0.741. The van der Waals surface area contributed by atoms with Gasteiger partial charge in [-0.3, -0.25) is 0 Å². The SMILES string of the molecule is NC1CCC2C3CC(O)C(C3)C12. The minimum Gasteiger partial charge on any atom is -0.393 e. The first-order chi connectivity index (χ1) is 5.77. The third-order valence-corrected chi connectivity index (χ3v) is 4.54. The zero-order valence-corrected chi connectivity index (χ0v) is 7.32. The van der Waals surface area contributed by atoms with Crippen molar-refractivity contribution in [3.63, 3.8) is 0 Å². The minimum absolute atomic E-state index is 0.0135. The molecule has 0 aromatic heterocycles. The Bertz CT molecular complexity index is 206. The second-order valence-corrected chi connectivity index (χ2v) is 4.95. The Morgan fingerprint density at radius 3 is 2.75 bits per heavy atom. The van der Waals surface area contributed by atoms with Crippen LogP contribution in [0.15, 0.2) is 0 Å². The van der Waals surface area contributed by atoms with E-state index in [2.05, 4.69) is 0 Å². The molecule has 6 atom stereocenters. The molecule has 6 unspecified atom stereocenters. The number of aliphatic hydroxyl groups is 1. The third-order valence-electron chi connectivity index (χ3n) is 4.54. The van der Waals surface area contributed by atoms with Gasteiger partial charge in [0.1, 0.15) is 0 Å². The molecule has 12 heavy (non-hydrogen) atoms. The highest BCUT2D eigenvalue weighted by atomic mass is 16.3. The van der Waals surface area contributed by atoms with E-state index in [0.717, 1.165) is 18.3 Å². The molecule has 3 saturated carbocycles. The van der Waals surface area contributed by atoms with Crippen molar-refractivity contribution in [1.29, 1.82) is 0 Å². The Labute approximate surface area is 73.1 Å². The molecule has 0 spiro atoms. The Morgan fingerprint density at radius 2 is 1.92 bits per heavy atom. The highest BCUT2D eigenvalue weighted by Crippen LogP contribution is 2.58. The van der Waals surface area contributed by atoms with Crippen LogP contribution in [0.25, 0.3) is 0 Å². The van der Waals surface area contributed by atoms with Crippen molar-refractivity contribution in [3.8, 4) is 0 Å². The zero-order chi connectivity index (χ0) is 8.29. The average molecular weight is 167 g/mol. The fraction of sp³-hybridized carbons (Fsp3) is 1.00. The number of rotatable bonds is 0. The summed E-state index contributed by atoms with van der Waals surface area (Å²) in [5.74, 6) is 2.95. The molecule has 68 valence electrons. The van der Waals surface area contributed by atoms with Crippen molar-refractivity contribution >= 4 is 0 Å².